The van der Waals surface area contributed by atoms with Gasteiger partial charge in [0, 0.05) is 49.7 Å². The fourth-order valence-electron chi connectivity index (χ4n) is 4.27. The maximum Gasteiger partial charge on any atom is 0.243 e. The molecule has 0 saturated heterocycles. The third-order valence-corrected chi connectivity index (χ3v) is 5.48. The molecule has 4 aromatic rings. The summed E-state index contributed by atoms with van der Waals surface area (Å²) in [5, 5.41) is 18.8. The number of anilines is 2. The molecule has 1 amide bonds. The Hall–Kier alpha value is -3.69. The van der Waals surface area contributed by atoms with E-state index in [9.17, 15) is 4.79 Å². The molecule has 30 heavy (non-hydrogen) atoms. The van der Waals surface area contributed by atoms with Crippen molar-refractivity contribution in [3.63, 3.8) is 0 Å². The van der Waals surface area contributed by atoms with E-state index in [1.54, 1.807) is 17.6 Å². The van der Waals surface area contributed by atoms with Crippen molar-refractivity contribution < 1.29 is 4.79 Å². The number of carbonyl (C=O) groups is 1. The largest absolute Gasteiger partial charge is 0.371 e. The molecule has 10 nitrogen and oxygen atoms in total. The van der Waals surface area contributed by atoms with Gasteiger partial charge in [-0.15, -0.1) is 5.10 Å². The van der Waals surface area contributed by atoms with Crippen molar-refractivity contribution in [2.45, 2.75) is 38.3 Å². The Kier molecular flexibility index (Phi) is 4.09. The summed E-state index contributed by atoms with van der Waals surface area (Å²) in [6, 6.07) is 6.08. The average Bonchev–Trinajstić information content (AvgIpc) is 3.31. The summed E-state index contributed by atoms with van der Waals surface area (Å²) in [5.41, 5.74) is 3.23. The first-order chi connectivity index (χ1) is 14.4. The minimum atomic E-state index is -0.169. The Balaban J connectivity index is 1.44. The molecule has 1 saturated carbocycles. The third-order valence-electron chi connectivity index (χ3n) is 5.48. The number of fused-ring (bicyclic) bond motifs is 2. The van der Waals surface area contributed by atoms with Crippen LogP contribution >= 0.6 is 0 Å². The van der Waals surface area contributed by atoms with E-state index in [0.717, 1.165) is 35.3 Å². The van der Waals surface area contributed by atoms with E-state index in [-0.39, 0.29) is 17.5 Å². The van der Waals surface area contributed by atoms with Gasteiger partial charge in [-0.2, -0.15) is 10.1 Å². The van der Waals surface area contributed by atoms with Crippen LogP contribution in [0.5, 0.6) is 0 Å². The van der Waals surface area contributed by atoms with Gasteiger partial charge in [0.15, 0.2) is 11.5 Å². The van der Waals surface area contributed by atoms with E-state index < -0.39 is 0 Å². The molecule has 10 heteroatoms. The molecule has 0 unspecified atom stereocenters. The molecule has 4 heterocycles. The highest BCUT2D eigenvalue weighted by molar-refractivity contribution is 5.87. The van der Waals surface area contributed by atoms with Crippen molar-refractivity contribution in [3.8, 4) is 11.3 Å². The van der Waals surface area contributed by atoms with Crippen LogP contribution in [-0.4, -0.2) is 53.7 Å². The van der Waals surface area contributed by atoms with Gasteiger partial charge < -0.3 is 16.0 Å². The second kappa shape index (κ2) is 6.68. The van der Waals surface area contributed by atoms with Crippen LogP contribution < -0.4 is 16.0 Å². The number of nitrogens with one attached hydrogen (secondary N) is 3. The van der Waals surface area contributed by atoms with E-state index in [1.165, 1.54) is 0 Å². The maximum atomic E-state index is 11.3. The summed E-state index contributed by atoms with van der Waals surface area (Å²) in [5.74, 6) is 1.25. The highest BCUT2D eigenvalue weighted by atomic mass is 16.1. The zero-order valence-electron chi connectivity index (χ0n) is 17.0. The van der Waals surface area contributed by atoms with Crippen molar-refractivity contribution >= 4 is 28.8 Å². The number of hydrogen-bond donors (Lipinski definition) is 3. The highest BCUT2D eigenvalue weighted by Crippen LogP contribution is 2.34. The molecule has 1 fully saturated rings. The summed E-state index contributed by atoms with van der Waals surface area (Å²) in [6.07, 6.45) is 7.10. The summed E-state index contributed by atoms with van der Waals surface area (Å²) in [6.45, 7) is 3.60. The Morgan fingerprint density at radius 1 is 1.17 bits per heavy atom. The van der Waals surface area contributed by atoms with Gasteiger partial charge in [-0.25, -0.2) is 14.0 Å². The van der Waals surface area contributed by atoms with E-state index in [4.69, 9.17) is 0 Å². The van der Waals surface area contributed by atoms with Crippen LogP contribution in [0.3, 0.4) is 0 Å². The van der Waals surface area contributed by atoms with Crippen molar-refractivity contribution in [2.24, 2.45) is 0 Å². The minimum absolute atomic E-state index is 0.00607. The molecular formula is C20H23N9O. The van der Waals surface area contributed by atoms with Gasteiger partial charge in [-0.05, 0) is 38.0 Å². The predicted molar refractivity (Wildman–Crippen MR) is 113 cm³/mol. The van der Waals surface area contributed by atoms with Gasteiger partial charge >= 0.3 is 0 Å². The number of carbonyl (C=O) groups excluding carboxylic acids is 1. The number of nitrogens with zero attached hydrogens (tertiary/aromatic N) is 6. The van der Waals surface area contributed by atoms with E-state index >= 15 is 0 Å². The molecule has 1 aliphatic carbocycles. The van der Waals surface area contributed by atoms with Gasteiger partial charge in [0.05, 0.1) is 5.69 Å². The van der Waals surface area contributed by atoms with Crippen LogP contribution in [0.15, 0.2) is 36.8 Å². The molecular weight excluding hydrogens is 382 g/mol. The number of rotatable bonds is 5. The lowest BCUT2D eigenvalue weighted by Crippen LogP contribution is -2.59. The molecule has 0 aliphatic heterocycles. The van der Waals surface area contributed by atoms with Crippen molar-refractivity contribution in [3.05, 3.63) is 36.8 Å². The summed E-state index contributed by atoms with van der Waals surface area (Å²) < 4.78 is 3.55. The standard InChI is InChI=1S/C20H23N9O/c1-12(30)25-20(2)10-13(11-20)23-19-24-18(21-3)17-14(6-8-29(17)27-19)15-4-5-16-22-7-9-28(16)26-15/h4-9,13H,10-11H2,1-3H3,(H,25,30)(H2,21,23,24,27). The number of aromatic nitrogens is 6. The van der Waals surface area contributed by atoms with Gasteiger partial charge in [-0.3, -0.25) is 4.79 Å². The molecule has 0 atom stereocenters. The molecule has 3 N–H and O–H groups in total. The zero-order chi connectivity index (χ0) is 20.9. The Labute approximate surface area is 172 Å². The number of hydrogen-bond acceptors (Lipinski definition) is 7. The Morgan fingerprint density at radius 3 is 2.77 bits per heavy atom. The highest BCUT2D eigenvalue weighted by Gasteiger charge is 2.41. The SMILES string of the molecule is CNc1nc(NC2CC(C)(NC(C)=O)C2)nn2ccc(-c3ccc4nccn4n3)c12. The van der Waals surface area contributed by atoms with Gasteiger partial charge in [-0.1, -0.05) is 0 Å². The van der Waals surface area contributed by atoms with Crippen LogP contribution in [-0.2, 0) is 4.79 Å². The van der Waals surface area contributed by atoms with E-state index in [2.05, 4.69) is 43.0 Å². The van der Waals surface area contributed by atoms with Crippen LogP contribution in [0.1, 0.15) is 26.7 Å². The van der Waals surface area contributed by atoms with Gasteiger partial charge in [0.1, 0.15) is 5.52 Å². The fraction of sp³-hybridized carbons (Fsp3) is 0.350. The molecule has 154 valence electrons. The number of amides is 1. The monoisotopic (exact) mass is 405 g/mol. The minimum Gasteiger partial charge on any atom is -0.371 e. The average molecular weight is 405 g/mol. The van der Waals surface area contributed by atoms with Crippen LogP contribution in [0.2, 0.25) is 0 Å². The van der Waals surface area contributed by atoms with Crippen LogP contribution in [0, 0.1) is 0 Å². The summed E-state index contributed by atoms with van der Waals surface area (Å²) in [7, 11) is 1.84. The molecule has 0 radical (unpaired) electrons. The molecule has 4 aromatic heterocycles. The molecule has 0 aromatic carbocycles. The second-order valence-corrected chi connectivity index (χ2v) is 8.00. The van der Waals surface area contributed by atoms with Crippen LogP contribution in [0.25, 0.3) is 22.4 Å². The van der Waals surface area contributed by atoms with E-state index in [1.807, 2.05) is 42.2 Å². The van der Waals surface area contributed by atoms with Crippen molar-refractivity contribution in [2.75, 3.05) is 17.7 Å². The van der Waals surface area contributed by atoms with Crippen molar-refractivity contribution in [1.82, 2.24) is 34.5 Å². The topological polar surface area (TPSA) is 114 Å². The van der Waals surface area contributed by atoms with Gasteiger partial charge in [0.25, 0.3) is 0 Å². The van der Waals surface area contributed by atoms with E-state index in [0.29, 0.717) is 11.8 Å². The first-order valence-corrected chi connectivity index (χ1v) is 9.87. The smallest absolute Gasteiger partial charge is 0.243 e. The number of imidazole rings is 1. The third kappa shape index (κ3) is 3.10. The zero-order valence-corrected chi connectivity index (χ0v) is 17.0. The Morgan fingerprint density at radius 2 is 2.00 bits per heavy atom. The quantitative estimate of drug-likeness (QED) is 0.465. The van der Waals surface area contributed by atoms with Gasteiger partial charge in [0.2, 0.25) is 11.9 Å². The lowest BCUT2D eigenvalue weighted by molar-refractivity contribution is -0.121. The summed E-state index contributed by atoms with van der Waals surface area (Å²) in [4.78, 5) is 20.3. The van der Waals surface area contributed by atoms with Crippen molar-refractivity contribution in [1.29, 1.82) is 0 Å². The Bertz CT molecular complexity index is 1250. The first-order valence-electron chi connectivity index (χ1n) is 9.87. The fourth-order valence-corrected chi connectivity index (χ4v) is 4.27. The lowest BCUT2D eigenvalue weighted by Gasteiger charge is -2.45. The molecule has 0 spiro atoms. The second-order valence-electron chi connectivity index (χ2n) is 8.00. The lowest BCUT2D eigenvalue weighted by atomic mass is 9.74. The first kappa shape index (κ1) is 18.3. The maximum absolute atomic E-state index is 11.3. The van der Waals surface area contributed by atoms with Crippen LogP contribution in [0.4, 0.5) is 11.8 Å². The molecule has 1 aliphatic rings. The summed E-state index contributed by atoms with van der Waals surface area (Å²) >= 11 is 0. The molecule has 0 bridgehead atoms. The predicted octanol–water partition coefficient (Wildman–Crippen LogP) is 1.95. The normalized spacial score (nSPS) is 20.8. The molecule has 5 rings (SSSR count).